The van der Waals surface area contributed by atoms with Gasteiger partial charge in [0.05, 0.1) is 11.2 Å². The number of hydrogen-bond donors (Lipinski definition) is 2. The first-order chi connectivity index (χ1) is 11.8. The molecule has 0 radical (unpaired) electrons. The van der Waals surface area contributed by atoms with Gasteiger partial charge in [-0.3, -0.25) is 4.79 Å². The van der Waals surface area contributed by atoms with Crippen LogP contribution in [0.5, 0.6) is 0 Å². The van der Waals surface area contributed by atoms with Gasteiger partial charge in [-0.05, 0) is 36.6 Å². The van der Waals surface area contributed by atoms with Gasteiger partial charge in [0, 0.05) is 12.7 Å². The highest BCUT2D eigenvalue weighted by molar-refractivity contribution is 5.86. The Bertz CT molecular complexity index is 752. The molecule has 9 heteroatoms. The van der Waals surface area contributed by atoms with E-state index in [1.54, 1.807) is 24.3 Å². The molecular weight excluding hydrogens is 369 g/mol. The van der Waals surface area contributed by atoms with E-state index in [1.165, 1.54) is 10.9 Å². The number of amides is 1. The van der Waals surface area contributed by atoms with E-state index in [-0.39, 0.29) is 18.3 Å². The predicted molar refractivity (Wildman–Crippen MR) is 93.0 cm³/mol. The SMILES string of the molecule is Cl.NC1(C(=O)NCc2ccc(-n3ccc(C(F)(F)F)n3)cc2)CCCC1. The van der Waals surface area contributed by atoms with Crippen molar-refractivity contribution in [3.63, 3.8) is 0 Å². The second-order valence-corrected chi connectivity index (χ2v) is 6.36. The molecule has 0 atom stereocenters. The molecular formula is C17H20ClF3N4O. The molecule has 0 unspecified atom stereocenters. The third kappa shape index (κ3) is 4.37. The first kappa shape index (κ1) is 20.3. The third-order valence-corrected chi connectivity index (χ3v) is 4.48. The summed E-state index contributed by atoms with van der Waals surface area (Å²) in [6, 6.07) is 7.71. The maximum Gasteiger partial charge on any atom is 0.435 e. The van der Waals surface area contributed by atoms with Gasteiger partial charge in [0.2, 0.25) is 5.91 Å². The van der Waals surface area contributed by atoms with Crippen LogP contribution in [0, 0.1) is 0 Å². The van der Waals surface area contributed by atoms with Crippen molar-refractivity contribution in [1.82, 2.24) is 15.1 Å². The lowest BCUT2D eigenvalue weighted by Gasteiger charge is -2.22. The number of benzene rings is 1. The molecule has 1 amide bonds. The molecule has 5 nitrogen and oxygen atoms in total. The zero-order valence-corrected chi connectivity index (χ0v) is 14.7. The Kier molecular flexibility index (Phi) is 5.98. The number of alkyl halides is 3. The summed E-state index contributed by atoms with van der Waals surface area (Å²) in [5, 5.41) is 6.35. The van der Waals surface area contributed by atoms with E-state index in [0.717, 1.165) is 24.5 Å². The van der Waals surface area contributed by atoms with Crippen LogP contribution in [0.1, 0.15) is 36.9 Å². The molecule has 1 heterocycles. The Balaban J connectivity index is 0.00000243. The summed E-state index contributed by atoms with van der Waals surface area (Å²) in [4.78, 5) is 12.2. The summed E-state index contributed by atoms with van der Waals surface area (Å²) in [6.07, 6.45) is 0.105. The summed E-state index contributed by atoms with van der Waals surface area (Å²) in [5.41, 5.74) is 5.72. The second-order valence-electron chi connectivity index (χ2n) is 6.36. The van der Waals surface area contributed by atoms with Gasteiger partial charge in [-0.25, -0.2) is 4.68 Å². The highest BCUT2D eigenvalue weighted by Crippen LogP contribution is 2.28. The fourth-order valence-electron chi connectivity index (χ4n) is 2.98. The monoisotopic (exact) mass is 388 g/mol. The van der Waals surface area contributed by atoms with Crippen molar-refractivity contribution < 1.29 is 18.0 Å². The lowest BCUT2D eigenvalue weighted by molar-refractivity contribution is -0.141. The zero-order valence-electron chi connectivity index (χ0n) is 13.9. The summed E-state index contributed by atoms with van der Waals surface area (Å²) < 4.78 is 38.9. The smallest absolute Gasteiger partial charge is 0.350 e. The van der Waals surface area contributed by atoms with Gasteiger partial charge in [-0.1, -0.05) is 25.0 Å². The molecule has 142 valence electrons. The molecule has 1 aliphatic carbocycles. The maximum atomic E-state index is 12.6. The third-order valence-electron chi connectivity index (χ3n) is 4.48. The van der Waals surface area contributed by atoms with Crippen molar-refractivity contribution in [2.45, 2.75) is 43.9 Å². The van der Waals surface area contributed by atoms with Crippen LogP contribution in [0.4, 0.5) is 13.2 Å². The minimum absolute atomic E-state index is 0. The Hall–Kier alpha value is -2.06. The van der Waals surface area contributed by atoms with Gasteiger partial charge in [0.25, 0.3) is 0 Å². The lowest BCUT2D eigenvalue weighted by Crippen LogP contribution is -2.51. The van der Waals surface area contributed by atoms with Crippen molar-refractivity contribution in [3.05, 3.63) is 47.8 Å². The number of nitrogens with zero attached hydrogens (tertiary/aromatic N) is 2. The van der Waals surface area contributed by atoms with Crippen molar-refractivity contribution in [1.29, 1.82) is 0 Å². The average molecular weight is 389 g/mol. The predicted octanol–water partition coefficient (Wildman–Crippen LogP) is 3.20. The summed E-state index contributed by atoms with van der Waals surface area (Å²) in [5.74, 6) is -0.157. The number of nitrogens with one attached hydrogen (secondary N) is 1. The standard InChI is InChI=1S/C17H19F3N4O.ClH/c18-17(19,20)14-7-10-24(23-14)13-5-3-12(4-6-13)11-22-15(25)16(21)8-1-2-9-16;/h3-7,10H,1-2,8-9,11,21H2,(H,22,25);1H. The van der Waals surface area contributed by atoms with Crippen LogP contribution < -0.4 is 11.1 Å². The van der Waals surface area contributed by atoms with Crippen LogP contribution in [0.2, 0.25) is 0 Å². The minimum Gasteiger partial charge on any atom is -0.350 e. The van der Waals surface area contributed by atoms with E-state index in [4.69, 9.17) is 5.73 Å². The molecule has 1 fully saturated rings. The van der Waals surface area contributed by atoms with Crippen molar-refractivity contribution in [3.8, 4) is 5.69 Å². The molecule has 0 saturated heterocycles. The Labute approximate surface area is 155 Å². The molecule has 2 aromatic rings. The average Bonchev–Trinajstić information content (AvgIpc) is 3.22. The minimum atomic E-state index is -4.46. The van der Waals surface area contributed by atoms with Gasteiger partial charge in [0.15, 0.2) is 5.69 Å². The molecule has 0 aliphatic heterocycles. The summed E-state index contributed by atoms with van der Waals surface area (Å²) in [7, 11) is 0. The Morgan fingerprint density at radius 1 is 1.19 bits per heavy atom. The lowest BCUT2D eigenvalue weighted by atomic mass is 9.98. The van der Waals surface area contributed by atoms with Crippen LogP contribution in [0.25, 0.3) is 5.69 Å². The number of halogens is 4. The molecule has 0 bridgehead atoms. The van der Waals surface area contributed by atoms with Gasteiger partial charge in [0.1, 0.15) is 0 Å². The topological polar surface area (TPSA) is 72.9 Å². The fourth-order valence-corrected chi connectivity index (χ4v) is 2.98. The normalized spacial score (nSPS) is 16.2. The molecule has 1 aliphatic rings. The highest BCUT2D eigenvalue weighted by atomic mass is 35.5. The number of aromatic nitrogens is 2. The highest BCUT2D eigenvalue weighted by Gasteiger charge is 2.36. The molecule has 3 N–H and O–H groups in total. The van der Waals surface area contributed by atoms with Crippen LogP contribution in [-0.2, 0) is 17.5 Å². The van der Waals surface area contributed by atoms with E-state index in [1.807, 2.05) is 0 Å². The zero-order chi connectivity index (χ0) is 18.1. The Morgan fingerprint density at radius 3 is 2.35 bits per heavy atom. The molecule has 0 spiro atoms. The van der Waals surface area contributed by atoms with E-state index in [0.29, 0.717) is 25.1 Å². The van der Waals surface area contributed by atoms with E-state index < -0.39 is 17.4 Å². The number of hydrogen-bond acceptors (Lipinski definition) is 3. The van der Waals surface area contributed by atoms with E-state index in [9.17, 15) is 18.0 Å². The molecule has 1 saturated carbocycles. The van der Waals surface area contributed by atoms with Crippen molar-refractivity contribution >= 4 is 18.3 Å². The van der Waals surface area contributed by atoms with Crippen molar-refractivity contribution in [2.24, 2.45) is 5.73 Å². The van der Waals surface area contributed by atoms with Gasteiger partial charge in [-0.15, -0.1) is 12.4 Å². The summed E-state index contributed by atoms with van der Waals surface area (Å²) in [6.45, 7) is 0.324. The number of rotatable bonds is 4. The van der Waals surface area contributed by atoms with Gasteiger partial charge in [-0.2, -0.15) is 18.3 Å². The first-order valence-corrected chi connectivity index (χ1v) is 8.07. The van der Waals surface area contributed by atoms with Gasteiger partial charge >= 0.3 is 6.18 Å². The van der Waals surface area contributed by atoms with Crippen LogP contribution in [-0.4, -0.2) is 21.2 Å². The number of nitrogens with two attached hydrogens (primary N) is 1. The van der Waals surface area contributed by atoms with Crippen molar-refractivity contribution in [2.75, 3.05) is 0 Å². The van der Waals surface area contributed by atoms with Crippen LogP contribution in [0.15, 0.2) is 36.5 Å². The van der Waals surface area contributed by atoms with E-state index >= 15 is 0 Å². The second kappa shape index (κ2) is 7.67. The van der Waals surface area contributed by atoms with Crippen LogP contribution >= 0.6 is 12.4 Å². The van der Waals surface area contributed by atoms with Crippen LogP contribution in [0.3, 0.4) is 0 Å². The molecule has 1 aromatic heterocycles. The molecule has 3 rings (SSSR count). The number of carbonyl (C=O) groups is 1. The molecule has 1 aromatic carbocycles. The maximum absolute atomic E-state index is 12.6. The number of carbonyl (C=O) groups excluding carboxylic acids is 1. The Morgan fingerprint density at radius 2 is 1.81 bits per heavy atom. The largest absolute Gasteiger partial charge is 0.435 e. The first-order valence-electron chi connectivity index (χ1n) is 8.07. The fraction of sp³-hybridized carbons (Fsp3) is 0.412. The quantitative estimate of drug-likeness (QED) is 0.844. The summed E-state index contributed by atoms with van der Waals surface area (Å²) >= 11 is 0. The van der Waals surface area contributed by atoms with E-state index in [2.05, 4.69) is 10.4 Å². The molecule has 26 heavy (non-hydrogen) atoms. The van der Waals surface area contributed by atoms with Gasteiger partial charge < -0.3 is 11.1 Å².